The van der Waals surface area contributed by atoms with Crippen LogP contribution in [0, 0.1) is 17.7 Å². The Morgan fingerprint density at radius 2 is 2.33 bits per heavy atom. The highest BCUT2D eigenvalue weighted by atomic mass is 19.1. The Morgan fingerprint density at radius 3 is 3.00 bits per heavy atom. The van der Waals surface area contributed by atoms with Gasteiger partial charge in [-0.25, -0.2) is 9.18 Å². The molecule has 0 aliphatic rings. The van der Waals surface area contributed by atoms with E-state index in [1.807, 2.05) is 0 Å². The van der Waals surface area contributed by atoms with Crippen molar-refractivity contribution in [3.05, 3.63) is 35.7 Å². The number of rotatable bonds is 5. The van der Waals surface area contributed by atoms with Gasteiger partial charge in [0.1, 0.15) is 0 Å². The molecule has 0 radical (unpaired) electrons. The van der Waals surface area contributed by atoms with Gasteiger partial charge in [-0.1, -0.05) is 12.1 Å². The van der Waals surface area contributed by atoms with Crippen molar-refractivity contribution >= 4 is 12.0 Å². The van der Waals surface area contributed by atoms with Crippen LogP contribution in [0.2, 0.25) is 0 Å². The number of aliphatic carboxylic acids is 1. The summed E-state index contributed by atoms with van der Waals surface area (Å²) in [4.78, 5) is 10.4. The summed E-state index contributed by atoms with van der Waals surface area (Å²) in [5.74, 6) is 3.94. The van der Waals surface area contributed by atoms with Crippen molar-refractivity contribution in [1.82, 2.24) is 0 Å². The van der Waals surface area contributed by atoms with E-state index in [1.54, 1.807) is 13.0 Å². The number of hydrogen-bond donors (Lipinski definition) is 1. The van der Waals surface area contributed by atoms with E-state index in [1.165, 1.54) is 18.2 Å². The molecule has 18 heavy (non-hydrogen) atoms. The van der Waals surface area contributed by atoms with Crippen LogP contribution in [0.15, 0.2) is 24.3 Å². The summed E-state index contributed by atoms with van der Waals surface area (Å²) < 4.78 is 18.8. The minimum Gasteiger partial charge on any atom is -0.489 e. The number of carboxylic acid groups (broad SMARTS) is 1. The summed E-state index contributed by atoms with van der Waals surface area (Å²) in [6, 6.07) is 4.35. The second-order valence-corrected chi connectivity index (χ2v) is 3.35. The van der Waals surface area contributed by atoms with E-state index in [4.69, 9.17) is 9.84 Å². The van der Waals surface area contributed by atoms with Crippen molar-refractivity contribution in [2.24, 2.45) is 0 Å². The van der Waals surface area contributed by atoms with E-state index in [0.29, 0.717) is 12.0 Å². The SMILES string of the molecule is CC#CCCOc1c(F)cccc1/C=C/C(=O)O. The highest BCUT2D eigenvalue weighted by Gasteiger charge is 2.07. The molecule has 4 heteroatoms. The molecule has 0 saturated heterocycles. The average molecular weight is 248 g/mol. The molecular formula is C14H13FO3. The fourth-order valence-electron chi connectivity index (χ4n) is 1.30. The summed E-state index contributed by atoms with van der Waals surface area (Å²) in [6.07, 6.45) is 2.73. The molecule has 0 aromatic heterocycles. The van der Waals surface area contributed by atoms with E-state index >= 15 is 0 Å². The van der Waals surface area contributed by atoms with Gasteiger partial charge in [0, 0.05) is 18.1 Å². The predicted molar refractivity (Wildman–Crippen MR) is 66.6 cm³/mol. The molecule has 0 heterocycles. The highest BCUT2D eigenvalue weighted by molar-refractivity contribution is 5.85. The normalized spacial score (nSPS) is 9.89. The topological polar surface area (TPSA) is 46.5 Å². The summed E-state index contributed by atoms with van der Waals surface area (Å²) in [6.45, 7) is 1.97. The Morgan fingerprint density at radius 1 is 1.56 bits per heavy atom. The quantitative estimate of drug-likeness (QED) is 0.495. The minimum atomic E-state index is -1.10. The van der Waals surface area contributed by atoms with E-state index in [-0.39, 0.29) is 12.4 Å². The van der Waals surface area contributed by atoms with Crippen molar-refractivity contribution in [2.75, 3.05) is 6.61 Å². The summed E-state index contributed by atoms with van der Waals surface area (Å²) in [5.41, 5.74) is 0.391. The molecule has 0 unspecified atom stereocenters. The van der Waals surface area contributed by atoms with E-state index in [9.17, 15) is 9.18 Å². The molecule has 0 spiro atoms. The van der Waals surface area contributed by atoms with Crippen LogP contribution in [-0.4, -0.2) is 17.7 Å². The van der Waals surface area contributed by atoms with Gasteiger partial charge in [0.15, 0.2) is 11.6 Å². The van der Waals surface area contributed by atoms with E-state index in [0.717, 1.165) is 6.08 Å². The Labute approximate surface area is 105 Å². The zero-order valence-electron chi connectivity index (χ0n) is 9.94. The molecule has 0 bridgehead atoms. The number of hydrogen-bond acceptors (Lipinski definition) is 2. The lowest BCUT2D eigenvalue weighted by atomic mass is 10.2. The largest absolute Gasteiger partial charge is 0.489 e. The molecule has 0 atom stereocenters. The molecule has 0 amide bonds. The van der Waals surface area contributed by atoms with Crippen LogP contribution in [0.25, 0.3) is 6.08 Å². The van der Waals surface area contributed by atoms with Crippen molar-refractivity contribution in [1.29, 1.82) is 0 Å². The third kappa shape index (κ3) is 4.30. The monoisotopic (exact) mass is 248 g/mol. The molecule has 0 aliphatic heterocycles. The van der Waals surface area contributed by atoms with Crippen LogP contribution in [0.3, 0.4) is 0 Å². The van der Waals surface area contributed by atoms with Crippen molar-refractivity contribution in [3.63, 3.8) is 0 Å². The van der Waals surface area contributed by atoms with Crippen LogP contribution in [0.4, 0.5) is 4.39 Å². The predicted octanol–water partition coefficient (Wildman–Crippen LogP) is 2.72. The third-order valence-electron chi connectivity index (χ3n) is 2.05. The van der Waals surface area contributed by atoms with Crippen LogP contribution < -0.4 is 4.74 Å². The van der Waals surface area contributed by atoms with Gasteiger partial charge < -0.3 is 9.84 Å². The van der Waals surface area contributed by atoms with Crippen LogP contribution in [0.5, 0.6) is 5.75 Å². The maximum Gasteiger partial charge on any atom is 0.328 e. The lowest BCUT2D eigenvalue weighted by molar-refractivity contribution is -0.131. The van der Waals surface area contributed by atoms with Gasteiger partial charge in [0.2, 0.25) is 0 Å². The van der Waals surface area contributed by atoms with Gasteiger partial charge in [-0.3, -0.25) is 0 Å². The number of benzene rings is 1. The third-order valence-corrected chi connectivity index (χ3v) is 2.05. The van der Waals surface area contributed by atoms with Crippen molar-refractivity contribution in [2.45, 2.75) is 13.3 Å². The van der Waals surface area contributed by atoms with Crippen LogP contribution in [0.1, 0.15) is 18.9 Å². The maximum absolute atomic E-state index is 13.5. The Bertz CT molecular complexity index is 510. The highest BCUT2D eigenvalue weighted by Crippen LogP contribution is 2.24. The fourth-order valence-corrected chi connectivity index (χ4v) is 1.30. The number of ether oxygens (including phenoxy) is 1. The van der Waals surface area contributed by atoms with Crippen LogP contribution >= 0.6 is 0 Å². The molecule has 1 N–H and O–H groups in total. The Kier molecular flexibility index (Phi) is 5.46. The zero-order chi connectivity index (χ0) is 13.4. The van der Waals surface area contributed by atoms with Gasteiger partial charge >= 0.3 is 5.97 Å². The summed E-state index contributed by atoms with van der Waals surface area (Å²) >= 11 is 0. The van der Waals surface area contributed by atoms with Gasteiger partial charge in [-0.2, -0.15) is 0 Å². The van der Waals surface area contributed by atoms with Crippen molar-refractivity contribution in [3.8, 4) is 17.6 Å². The van der Waals surface area contributed by atoms with Gasteiger partial charge in [-0.15, -0.1) is 11.8 Å². The average Bonchev–Trinajstić information content (AvgIpc) is 2.34. The molecule has 0 fully saturated rings. The van der Waals surface area contributed by atoms with Gasteiger partial charge in [0.25, 0.3) is 0 Å². The van der Waals surface area contributed by atoms with Gasteiger partial charge in [-0.05, 0) is 19.1 Å². The Balaban J connectivity index is 2.85. The Hall–Kier alpha value is -2.28. The second-order valence-electron chi connectivity index (χ2n) is 3.35. The molecular weight excluding hydrogens is 235 g/mol. The first-order valence-corrected chi connectivity index (χ1v) is 5.37. The van der Waals surface area contributed by atoms with Crippen LogP contribution in [-0.2, 0) is 4.79 Å². The van der Waals surface area contributed by atoms with E-state index in [2.05, 4.69) is 11.8 Å². The number of carboxylic acids is 1. The molecule has 0 saturated carbocycles. The minimum absolute atomic E-state index is 0.0490. The number of carbonyl (C=O) groups is 1. The summed E-state index contributed by atoms with van der Waals surface area (Å²) in [5, 5.41) is 8.54. The fraction of sp³-hybridized carbons (Fsp3) is 0.214. The molecule has 1 rings (SSSR count). The molecule has 1 aromatic carbocycles. The second kappa shape index (κ2) is 7.13. The molecule has 0 aliphatic carbocycles. The standard InChI is InChI=1S/C14H13FO3/c1-2-3-4-10-18-14-11(8-9-13(16)17)6-5-7-12(14)15/h5-9H,4,10H2,1H3,(H,16,17)/b9-8+. The smallest absolute Gasteiger partial charge is 0.328 e. The lowest BCUT2D eigenvalue weighted by Gasteiger charge is -2.08. The maximum atomic E-state index is 13.5. The molecule has 3 nitrogen and oxygen atoms in total. The number of para-hydroxylation sites is 1. The first kappa shape index (κ1) is 13.8. The molecule has 94 valence electrons. The molecule has 1 aromatic rings. The lowest BCUT2D eigenvalue weighted by Crippen LogP contribution is -2.00. The summed E-state index contributed by atoms with van der Waals surface area (Å²) in [7, 11) is 0. The van der Waals surface area contributed by atoms with Crippen molar-refractivity contribution < 1.29 is 19.0 Å². The van der Waals surface area contributed by atoms with E-state index < -0.39 is 11.8 Å². The first-order chi connectivity index (χ1) is 8.65. The first-order valence-electron chi connectivity index (χ1n) is 5.37. The zero-order valence-corrected chi connectivity index (χ0v) is 9.94. The van der Waals surface area contributed by atoms with Gasteiger partial charge in [0.05, 0.1) is 6.61 Å². The number of halogens is 1.